The quantitative estimate of drug-likeness (QED) is 0.799. The first kappa shape index (κ1) is 20.7. The first-order valence-corrected chi connectivity index (χ1v) is 11.5. The number of sulfonamides is 1. The number of aliphatic hydroxyl groups excluding tert-OH is 1. The van der Waals surface area contributed by atoms with Gasteiger partial charge in [-0.15, -0.1) is 0 Å². The molecule has 0 spiro atoms. The number of piperidine rings is 1. The zero-order chi connectivity index (χ0) is 21.3. The standard InChI is InChI=1S/C22H24N2O5S/c25-18-10-12-23(13-11-18)22(27)21-14-19(26)15-24(21)30(28,29)20-8-6-17(7-9-20)16-4-2-1-3-5-16/h1-9,18,21,25H,10-15H2/t21-/m0/s1. The number of ketones is 1. The fraction of sp³-hybridized carbons (Fsp3) is 0.364. The van der Waals surface area contributed by atoms with Crippen molar-refractivity contribution < 1.29 is 23.1 Å². The van der Waals surface area contributed by atoms with Crippen LogP contribution in [-0.4, -0.2) is 66.2 Å². The van der Waals surface area contributed by atoms with Crippen LogP contribution in [0.15, 0.2) is 59.5 Å². The summed E-state index contributed by atoms with van der Waals surface area (Å²) in [6.45, 7) is 0.435. The second-order valence-electron chi connectivity index (χ2n) is 7.76. The first-order chi connectivity index (χ1) is 14.4. The zero-order valence-electron chi connectivity index (χ0n) is 16.5. The van der Waals surface area contributed by atoms with Gasteiger partial charge in [0.05, 0.1) is 17.5 Å². The van der Waals surface area contributed by atoms with Gasteiger partial charge in [-0.1, -0.05) is 42.5 Å². The Morgan fingerprint density at radius 2 is 1.53 bits per heavy atom. The normalized spacial score (nSPS) is 21.2. The Hall–Kier alpha value is -2.55. The summed E-state index contributed by atoms with van der Waals surface area (Å²) in [7, 11) is -4.00. The Labute approximate surface area is 176 Å². The van der Waals surface area contributed by atoms with Gasteiger partial charge in [0.2, 0.25) is 15.9 Å². The zero-order valence-corrected chi connectivity index (χ0v) is 17.3. The lowest BCUT2D eigenvalue weighted by Gasteiger charge is -2.33. The molecule has 2 aromatic rings. The summed E-state index contributed by atoms with van der Waals surface area (Å²) in [6.07, 6.45) is 0.363. The van der Waals surface area contributed by atoms with E-state index in [1.165, 1.54) is 12.1 Å². The van der Waals surface area contributed by atoms with Gasteiger partial charge in [0, 0.05) is 19.5 Å². The minimum Gasteiger partial charge on any atom is -0.393 e. The molecule has 0 aromatic heterocycles. The van der Waals surface area contributed by atoms with E-state index in [4.69, 9.17) is 0 Å². The number of benzene rings is 2. The molecule has 1 amide bonds. The van der Waals surface area contributed by atoms with E-state index in [0.717, 1.165) is 15.4 Å². The molecular weight excluding hydrogens is 404 g/mol. The van der Waals surface area contributed by atoms with Crippen LogP contribution in [0.3, 0.4) is 0 Å². The highest BCUT2D eigenvalue weighted by Gasteiger charge is 2.45. The number of hydrogen-bond acceptors (Lipinski definition) is 5. The van der Waals surface area contributed by atoms with E-state index in [0.29, 0.717) is 25.9 Å². The van der Waals surface area contributed by atoms with E-state index < -0.39 is 22.2 Å². The van der Waals surface area contributed by atoms with Crippen molar-refractivity contribution in [3.8, 4) is 11.1 Å². The fourth-order valence-corrected chi connectivity index (χ4v) is 5.58. The molecule has 158 valence electrons. The van der Waals surface area contributed by atoms with Gasteiger partial charge in [-0.05, 0) is 36.1 Å². The maximum atomic E-state index is 13.2. The Morgan fingerprint density at radius 1 is 0.933 bits per heavy atom. The number of nitrogens with zero attached hydrogens (tertiary/aromatic N) is 2. The highest BCUT2D eigenvalue weighted by Crippen LogP contribution is 2.28. The minimum absolute atomic E-state index is 0.0590. The maximum absolute atomic E-state index is 13.2. The molecule has 2 heterocycles. The Balaban J connectivity index is 1.57. The molecule has 2 fully saturated rings. The Morgan fingerprint density at radius 3 is 2.17 bits per heavy atom. The van der Waals surface area contributed by atoms with Gasteiger partial charge in [-0.25, -0.2) is 8.42 Å². The molecule has 0 unspecified atom stereocenters. The average Bonchev–Trinajstić information content (AvgIpc) is 3.17. The van der Waals surface area contributed by atoms with Gasteiger partial charge in [-0.2, -0.15) is 4.31 Å². The number of carbonyl (C=O) groups is 2. The van der Waals surface area contributed by atoms with Gasteiger partial charge in [0.15, 0.2) is 0 Å². The Kier molecular flexibility index (Phi) is 5.73. The predicted octanol–water partition coefficient (Wildman–Crippen LogP) is 1.67. The molecule has 1 atom stereocenters. The molecular formula is C22H24N2O5S. The van der Waals surface area contributed by atoms with Crippen LogP contribution in [0.2, 0.25) is 0 Å². The smallest absolute Gasteiger partial charge is 0.244 e. The van der Waals surface area contributed by atoms with E-state index in [-0.39, 0.29) is 29.6 Å². The monoisotopic (exact) mass is 428 g/mol. The molecule has 2 aliphatic rings. The highest BCUT2D eigenvalue weighted by molar-refractivity contribution is 7.89. The van der Waals surface area contributed by atoms with Crippen molar-refractivity contribution in [1.29, 1.82) is 0 Å². The Bertz CT molecular complexity index is 1030. The molecule has 2 aliphatic heterocycles. The molecule has 0 aliphatic carbocycles. The van der Waals surface area contributed by atoms with Gasteiger partial charge >= 0.3 is 0 Å². The van der Waals surface area contributed by atoms with Crippen molar-refractivity contribution in [1.82, 2.24) is 9.21 Å². The molecule has 2 aromatic carbocycles. The number of aliphatic hydroxyl groups is 1. The van der Waals surface area contributed by atoms with Crippen LogP contribution in [0.25, 0.3) is 11.1 Å². The van der Waals surface area contributed by atoms with E-state index >= 15 is 0 Å². The minimum atomic E-state index is -4.00. The molecule has 4 rings (SSSR count). The van der Waals surface area contributed by atoms with Crippen molar-refractivity contribution in [3.63, 3.8) is 0 Å². The number of carbonyl (C=O) groups excluding carboxylic acids is 2. The summed E-state index contributed by atoms with van der Waals surface area (Å²) < 4.78 is 27.5. The molecule has 1 N–H and O–H groups in total. The predicted molar refractivity (Wildman–Crippen MR) is 111 cm³/mol. The van der Waals surface area contributed by atoms with Crippen molar-refractivity contribution >= 4 is 21.7 Å². The molecule has 0 saturated carbocycles. The average molecular weight is 429 g/mol. The molecule has 8 heteroatoms. The lowest BCUT2D eigenvalue weighted by molar-refractivity contribution is -0.137. The lowest BCUT2D eigenvalue weighted by Crippen LogP contribution is -2.50. The van der Waals surface area contributed by atoms with Crippen LogP contribution in [-0.2, 0) is 19.6 Å². The third kappa shape index (κ3) is 4.03. The molecule has 0 bridgehead atoms. The molecule has 2 saturated heterocycles. The SMILES string of the molecule is O=C1C[C@@H](C(=O)N2CCC(O)CC2)N(S(=O)(=O)c2ccc(-c3ccccc3)cc2)C1. The molecule has 30 heavy (non-hydrogen) atoms. The van der Waals surface area contributed by atoms with Crippen LogP contribution in [0.5, 0.6) is 0 Å². The number of hydrogen-bond donors (Lipinski definition) is 1. The van der Waals surface area contributed by atoms with Crippen molar-refractivity contribution in [2.75, 3.05) is 19.6 Å². The van der Waals surface area contributed by atoms with E-state index in [1.54, 1.807) is 17.0 Å². The number of rotatable bonds is 4. The van der Waals surface area contributed by atoms with Crippen LogP contribution in [0.4, 0.5) is 0 Å². The van der Waals surface area contributed by atoms with E-state index in [2.05, 4.69) is 0 Å². The molecule has 7 nitrogen and oxygen atoms in total. The topological polar surface area (TPSA) is 95.0 Å². The number of amides is 1. The van der Waals surface area contributed by atoms with Gasteiger partial charge in [-0.3, -0.25) is 9.59 Å². The highest BCUT2D eigenvalue weighted by atomic mass is 32.2. The fourth-order valence-electron chi connectivity index (χ4n) is 4.01. The van der Waals surface area contributed by atoms with Crippen molar-refractivity contribution in [2.45, 2.75) is 36.3 Å². The van der Waals surface area contributed by atoms with E-state index in [9.17, 15) is 23.1 Å². The summed E-state index contributed by atoms with van der Waals surface area (Å²) >= 11 is 0. The van der Waals surface area contributed by atoms with Gasteiger partial charge < -0.3 is 10.0 Å². The summed E-state index contributed by atoms with van der Waals surface area (Å²) in [4.78, 5) is 26.7. The summed E-state index contributed by atoms with van der Waals surface area (Å²) in [6, 6.07) is 15.1. The van der Waals surface area contributed by atoms with Crippen molar-refractivity contribution in [3.05, 3.63) is 54.6 Å². The second kappa shape index (κ2) is 8.29. The summed E-state index contributed by atoms with van der Waals surface area (Å²) in [5, 5.41) is 9.65. The largest absolute Gasteiger partial charge is 0.393 e. The third-order valence-corrected chi connectivity index (χ3v) is 7.60. The summed E-state index contributed by atoms with van der Waals surface area (Å²) in [5.74, 6) is -0.632. The van der Waals surface area contributed by atoms with Crippen LogP contribution in [0, 0.1) is 0 Å². The maximum Gasteiger partial charge on any atom is 0.244 e. The van der Waals surface area contributed by atoms with Gasteiger partial charge in [0.1, 0.15) is 11.8 Å². The number of likely N-dealkylation sites (tertiary alicyclic amines) is 1. The summed E-state index contributed by atoms with van der Waals surface area (Å²) in [5.41, 5.74) is 1.85. The number of Topliss-reactive ketones (excluding diaryl/α,β-unsaturated/α-hetero) is 1. The van der Waals surface area contributed by atoms with Crippen molar-refractivity contribution in [2.24, 2.45) is 0 Å². The second-order valence-corrected chi connectivity index (χ2v) is 9.65. The lowest BCUT2D eigenvalue weighted by atomic mass is 10.1. The first-order valence-electron chi connectivity index (χ1n) is 10.0. The van der Waals surface area contributed by atoms with Gasteiger partial charge in [0.25, 0.3) is 0 Å². The third-order valence-electron chi connectivity index (χ3n) is 5.73. The molecule has 0 radical (unpaired) electrons. The van der Waals surface area contributed by atoms with Crippen LogP contribution in [0.1, 0.15) is 19.3 Å². The van der Waals surface area contributed by atoms with Crippen LogP contribution >= 0.6 is 0 Å². The van der Waals surface area contributed by atoms with E-state index in [1.807, 2.05) is 30.3 Å². The van der Waals surface area contributed by atoms with Crippen LogP contribution < -0.4 is 0 Å².